The lowest BCUT2D eigenvalue weighted by Gasteiger charge is -2.18. The molecule has 1 aliphatic carbocycles. The molecule has 94 valence electrons. The molecule has 0 unspecified atom stereocenters. The first-order valence-electron chi connectivity index (χ1n) is 6.35. The Hall–Kier alpha value is -2.43. The molecule has 0 aliphatic heterocycles. The van der Waals surface area contributed by atoms with E-state index in [-0.39, 0.29) is 5.54 Å². The molecule has 0 atom stereocenters. The Balaban J connectivity index is 1.74. The highest BCUT2D eigenvalue weighted by Gasteiger charge is 2.44. The molecule has 1 aromatic carbocycles. The van der Waals surface area contributed by atoms with Gasteiger partial charge in [-0.25, -0.2) is 15.0 Å². The molecule has 2 N–H and O–H groups in total. The SMILES string of the molecule is c1ccc(C2(Nc3ncnc4nc[nH]c34)CC2)cc1. The average molecular weight is 251 g/mol. The third-order valence-electron chi connectivity index (χ3n) is 3.66. The van der Waals surface area contributed by atoms with Gasteiger partial charge in [0, 0.05) is 0 Å². The highest BCUT2D eigenvalue weighted by Crippen LogP contribution is 2.48. The van der Waals surface area contributed by atoms with Crippen LogP contribution in [0.1, 0.15) is 18.4 Å². The van der Waals surface area contributed by atoms with Gasteiger partial charge in [-0.1, -0.05) is 30.3 Å². The van der Waals surface area contributed by atoms with E-state index in [1.165, 1.54) is 5.56 Å². The molecule has 5 heteroatoms. The number of nitrogens with zero attached hydrogens (tertiary/aromatic N) is 3. The van der Waals surface area contributed by atoms with Gasteiger partial charge in [0.15, 0.2) is 11.5 Å². The lowest BCUT2D eigenvalue weighted by atomic mass is 10.1. The fourth-order valence-corrected chi connectivity index (χ4v) is 2.45. The normalized spacial score (nSPS) is 16.4. The molecular weight excluding hydrogens is 238 g/mol. The Morgan fingerprint density at radius 1 is 1.05 bits per heavy atom. The monoisotopic (exact) mass is 251 g/mol. The Morgan fingerprint density at radius 3 is 2.68 bits per heavy atom. The molecule has 0 amide bonds. The van der Waals surface area contributed by atoms with Gasteiger partial charge in [-0.3, -0.25) is 0 Å². The number of H-pyrrole nitrogens is 1. The highest BCUT2D eigenvalue weighted by molar-refractivity contribution is 5.82. The second-order valence-corrected chi connectivity index (χ2v) is 4.90. The van der Waals surface area contributed by atoms with Crippen LogP contribution >= 0.6 is 0 Å². The van der Waals surface area contributed by atoms with E-state index in [1.807, 2.05) is 6.07 Å². The van der Waals surface area contributed by atoms with Gasteiger partial charge in [0.25, 0.3) is 0 Å². The summed E-state index contributed by atoms with van der Waals surface area (Å²) in [5, 5.41) is 3.55. The second-order valence-electron chi connectivity index (χ2n) is 4.90. The summed E-state index contributed by atoms with van der Waals surface area (Å²) in [4.78, 5) is 15.7. The molecule has 0 spiro atoms. The summed E-state index contributed by atoms with van der Waals surface area (Å²) < 4.78 is 0. The first kappa shape index (κ1) is 10.5. The fraction of sp³-hybridized carbons (Fsp3) is 0.214. The van der Waals surface area contributed by atoms with Crippen LogP contribution in [-0.2, 0) is 5.54 Å². The number of fused-ring (bicyclic) bond motifs is 1. The minimum atomic E-state index is 0.0215. The summed E-state index contributed by atoms with van der Waals surface area (Å²) >= 11 is 0. The maximum absolute atomic E-state index is 4.34. The minimum Gasteiger partial charge on any atom is -0.359 e. The van der Waals surface area contributed by atoms with Crippen LogP contribution in [0.5, 0.6) is 0 Å². The van der Waals surface area contributed by atoms with Gasteiger partial charge in [0.2, 0.25) is 0 Å². The van der Waals surface area contributed by atoms with E-state index in [2.05, 4.69) is 49.5 Å². The van der Waals surface area contributed by atoms with E-state index in [4.69, 9.17) is 0 Å². The lowest BCUT2D eigenvalue weighted by molar-refractivity contribution is 0.801. The Bertz CT molecular complexity index is 715. The summed E-state index contributed by atoms with van der Waals surface area (Å²) in [6.45, 7) is 0. The zero-order chi connectivity index (χ0) is 12.7. The highest BCUT2D eigenvalue weighted by atomic mass is 15.1. The van der Waals surface area contributed by atoms with E-state index in [0.29, 0.717) is 5.65 Å². The topological polar surface area (TPSA) is 66.5 Å². The van der Waals surface area contributed by atoms with Crippen molar-refractivity contribution in [3.05, 3.63) is 48.5 Å². The number of imidazole rings is 1. The predicted molar refractivity (Wildman–Crippen MR) is 72.7 cm³/mol. The molecule has 5 nitrogen and oxygen atoms in total. The van der Waals surface area contributed by atoms with Gasteiger partial charge in [-0.2, -0.15) is 0 Å². The maximum Gasteiger partial charge on any atom is 0.182 e. The number of nitrogens with one attached hydrogen (secondary N) is 2. The molecule has 1 fully saturated rings. The van der Waals surface area contributed by atoms with Crippen LogP contribution in [0.2, 0.25) is 0 Å². The Kier molecular flexibility index (Phi) is 2.09. The number of aromatic amines is 1. The number of anilines is 1. The zero-order valence-electron chi connectivity index (χ0n) is 10.3. The summed E-state index contributed by atoms with van der Waals surface area (Å²) in [6.07, 6.45) is 5.44. The Labute approximate surface area is 110 Å². The fourth-order valence-electron chi connectivity index (χ4n) is 2.45. The van der Waals surface area contributed by atoms with E-state index >= 15 is 0 Å². The van der Waals surface area contributed by atoms with Gasteiger partial charge in [-0.15, -0.1) is 0 Å². The van der Waals surface area contributed by atoms with Crippen LogP contribution in [0.15, 0.2) is 43.0 Å². The average Bonchev–Trinajstić information content (AvgIpc) is 3.08. The molecule has 1 aliphatic rings. The second kappa shape index (κ2) is 3.78. The standard InChI is InChI=1S/C14H13N5/c1-2-4-10(5-3-1)14(6-7-14)19-13-11-12(16-8-15-11)17-9-18-13/h1-5,8-9H,6-7H2,(H2,15,16,17,18,19). The van der Waals surface area contributed by atoms with Gasteiger partial charge in [0.05, 0.1) is 11.9 Å². The van der Waals surface area contributed by atoms with Crippen molar-refractivity contribution < 1.29 is 0 Å². The molecular formula is C14H13N5. The van der Waals surface area contributed by atoms with Crippen molar-refractivity contribution in [1.82, 2.24) is 19.9 Å². The van der Waals surface area contributed by atoms with Crippen LogP contribution in [-0.4, -0.2) is 19.9 Å². The molecule has 0 saturated heterocycles. The molecule has 4 rings (SSSR count). The van der Waals surface area contributed by atoms with Gasteiger partial charge < -0.3 is 10.3 Å². The van der Waals surface area contributed by atoms with Crippen LogP contribution in [0.3, 0.4) is 0 Å². The van der Waals surface area contributed by atoms with E-state index in [1.54, 1.807) is 12.7 Å². The van der Waals surface area contributed by atoms with Crippen molar-refractivity contribution in [1.29, 1.82) is 0 Å². The number of rotatable bonds is 3. The first-order valence-corrected chi connectivity index (χ1v) is 6.35. The lowest BCUT2D eigenvalue weighted by Crippen LogP contribution is -2.19. The summed E-state index contributed by atoms with van der Waals surface area (Å²) in [5.74, 6) is 0.823. The van der Waals surface area contributed by atoms with Gasteiger partial charge in [-0.05, 0) is 18.4 Å². The van der Waals surface area contributed by atoms with Gasteiger partial charge >= 0.3 is 0 Å². The predicted octanol–water partition coefficient (Wildman–Crippen LogP) is 2.45. The molecule has 0 radical (unpaired) electrons. The zero-order valence-corrected chi connectivity index (χ0v) is 10.3. The molecule has 19 heavy (non-hydrogen) atoms. The molecule has 1 saturated carbocycles. The van der Waals surface area contributed by atoms with E-state index < -0.39 is 0 Å². The van der Waals surface area contributed by atoms with E-state index in [9.17, 15) is 0 Å². The molecule has 0 bridgehead atoms. The quantitative estimate of drug-likeness (QED) is 0.750. The third kappa shape index (κ3) is 1.66. The van der Waals surface area contributed by atoms with Crippen molar-refractivity contribution in [3.8, 4) is 0 Å². The minimum absolute atomic E-state index is 0.0215. The summed E-state index contributed by atoms with van der Waals surface area (Å²) in [7, 11) is 0. The molecule has 2 aromatic heterocycles. The van der Waals surface area contributed by atoms with Crippen LogP contribution in [0.25, 0.3) is 11.2 Å². The molecule has 2 heterocycles. The van der Waals surface area contributed by atoms with Crippen LogP contribution in [0, 0.1) is 0 Å². The van der Waals surface area contributed by atoms with Crippen molar-refractivity contribution in [2.75, 3.05) is 5.32 Å². The Morgan fingerprint density at radius 2 is 1.89 bits per heavy atom. The van der Waals surface area contributed by atoms with Crippen molar-refractivity contribution in [3.63, 3.8) is 0 Å². The maximum atomic E-state index is 4.34. The first-order chi connectivity index (χ1) is 9.37. The summed E-state index contributed by atoms with van der Waals surface area (Å²) in [6, 6.07) is 10.5. The van der Waals surface area contributed by atoms with Crippen LogP contribution in [0.4, 0.5) is 5.82 Å². The van der Waals surface area contributed by atoms with E-state index in [0.717, 1.165) is 24.2 Å². The van der Waals surface area contributed by atoms with Crippen LogP contribution < -0.4 is 5.32 Å². The molecule has 3 aromatic rings. The van der Waals surface area contributed by atoms with Crippen molar-refractivity contribution in [2.24, 2.45) is 0 Å². The summed E-state index contributed by atoms with van der Waals surface area (Å²) in [5.41, 5.74) is 2.89. The largest absolute Gasteiger partial charge is 0.359 e. The number of benzene rings is 1. The van der Waals surface area contributed by atoms with Crippen molar-refractivity contribution in [2.45, 2.75) is 18.4 Å². The number of hydrogen-bond acceptors (Lipinski definition) is 4. The third-order valence-corrected chi connectivity index (χ3v) is 3.66. The smallest absolute Gasteiger partial charge is 0.182 e. The number of hydrogen-bond donors (Lipinski definition) is 2. The number of aromatic nitrogens is 4. The van der Waals surface area contributed by atoms with Crippen molar-refractivity contribution >= 4 is 17.0 Å². The van der Waals surface area contributed by atoms with Gasteiger partial charge in [0.1, 0.15) is 11.8 Å².